The Balaban J connectivity index is 2.17. The van der Waals surface area contributed by atoms with E-state index in [1.165, 1.54) is 0 Å². The zero-order chi connectivity index (χ0) is 6.85. The Labute approximate surface area is 54.1 Å². The van der Waals surface area contributed by atoms with Crippen LogP contribution >= 0.6 is 0 Å². The molecule has 3 nitrogen and oxygen atoms in total. The SMILES string of the molecule is CCC[C@H]1N[C@@H]1C(=O)O. The molecule has 0 bridgehead atoms. The van der Waals surface area contributed by atoms with E-state index in [0.717, 1.165) is 12.8 Å². The molecule has 3 heteroatoms. The third-order valence-corrected chi connectivity index (χ3v) is 1.55. The van der Waals surface area contributed by atoms with Gasteiger partial charge in [-0.25, -0.2) is 0 Å². The molecule has 0 aromatic carbocycles. The summed E-state index contributed by atoms with van der Waals surface area (Å²) in [4.78, 5) is 10.2. The van der Waals surface area contributed by atoms with Crippen LogP contribution in [0.25, 0.3) is 0 Å². The Morgan fingerprint density at radius 2 is 2.44 bits per heavy atom. The van der Waals surface area contributed by atoms with Gasteiger partial charge in [-0.05, 0) is 6.42 Å². The van der Waals surface area contributed by atoms with Gasteiger partial charge in [0.2, 0.25) is 0 Å². The second-order valence-electron chi connectivity index (χ2n) is 2.38. The number of carboxylic acids is 1. The highest BCUT2D eigenvalue weighted by Crippen LogP contribution is 2.15. The van der Waals surface area contributed by atoms with Crippen LogP contribution in [0.5, 0.6) is 0 Å². The van der Waals surface area contributed by atoms with Crippen LogP contribution in [-0.2, 0) is 4.79 Å². The maximum Gasteiger partial charge on any atom is 0.322 e. The molecule has 0 aromatic heterocycles. The van der Waals surface area contributed by atoms with Crippen molar-refractivity contribution in [3.05, 3.63) is 0 Å². The van der Waals surface area contributed by atoms with Crippen molar-refractivity contribution >= 4 is 5.97 Å². The molecule has 1 aliphatic heterocycles. The summed E-state index contributed by atoms with van der Waals surface area (Å²) in [5, 5.41) is 11.3. The number of carbonyl (C=O) groups is 1. The molecule has 1 rings (SSSR count). The quantitative estimate of drug-likeness (QED) is 0.535. The highest BCUT2D eigenvalue weighted by molar-refractivity contribution is 5.78. The first kappa shape index (κ1) is 6.55. The van der Waals surface area contributed by atoms with Crippen molar-refractivity contribution in [2.24, 2.45) is 0 Å². The Morgan fingerprint density at radius 1 is 1.78 bits per heavy atom. The predicted octanol–water partition coefficient (Wildman–Crippen LogP) is 0.211. The van der Waals surface area contributed by atoms with E-state index in [2.05, 4.69) is 12.2 Å². The molecule has 1 saturated heterocycles. The Morgan fingerprint density at radius 3 is 2.78 bits per heavy atom. The van der Waals surface area contributed by atoms with Crippen LogP contribution in [-0.4, -0.2) is 23.2 Å². The summed E-state index contributed by atoms with van der Waals surface area (Å²) in [6.07, 6.45) is 2.04. The van der Waals surface area contributed by atoms with Gasteiger partial charge in [0.25, 0.3) is 0 Å². The summed E-state index contributed by atoms with van der Waals surface area (Å²) in [6.45, 7) is 2.05. The second-order valence-corrected chi connectivity index (χ2v) is 2.38. The van der Waals surface area contributed by atoms with Gasteiger partial charge in [-0.1, -0.05) is 13.3 Å². The van der Waals surface area contributed by atoms with Crippen molar-refractivity contribution in [3.8, 4) is 0 Å². The first-order valence-electron chi connectivity index (χ1n) is 3.24. The van der Waals surface area contributed by atoms with E-state index in [0.29, 0.717) is 0 Å². The molecule has 1 heterocycles. The van der Waals surface area contributed by atoms with Gasteiger partial charge >= 0.3 is 5.97 Å². The van der Waals surface area contributed by atoms with Crippen LogP contribution in [0.2, 0.25) is 0 Å². The smallest absolute Gasteiger partial charge is 0.322 e. The molecular weight excluding hydrogens is 118 g/mol. The topological polar surface area (TPSA) is 59.2 Å². The van der Waals surface area contributed by atoms with Crippen LogP contribution in [0.15, 0.2) is 0 Å². The van der Waals surface area contributed by atoms with E-state index in [9.17, 15) is 4.79 Å². The summed E-state index contributed by atoms with van der Waals surface area (Å²) in [7, 11) is 0. The van der Waals surface area contributed by atoms with Gasteiger partial charge < -0.3 is 5.11 Å². The van der Waals surface area contributed by atoms with Crippen molar-refractivity contribution in [1.82, 2.24) is 5.32 Å². The number of nitrogens with one attached hydrogen (secondary N) is 1. The van der Waals surface area contributed by atoms with Crippen molar-refractivity contribution in [1.29, 1.82) is 0 Å². The number of rotatable bonds is 3. The normalized spacial score (nSPS) is 32.1. The highest BCUT2D eigenvalue weighted by Gasteiger charge is 2.41. The van der Waals surface area contributed by atoms with Crippen molar-refractivity contribution in [2.75, 3.05) is 0 Å². The lowest BCUT2D eigenvalue weighted by molar-refractivity contribution is -0.136. The predicted molar refractivity (Wildman–Crippen MR) is 33.3 cm³/mol. The molecule has 0 radical (unpaired) electrons. The molecule has 0 saturated carbocycles. The Hall–Kier alpha value is -0.570. The van der Waals surface area contributed by atoms with Gasteiger partial charge in [-0.3, -0.25) is 10.1 Å². The number of hydrogen-bond acceptors (Lipinski definition) is 2. The Kier molecular flexibility index (Phi) is 1.71. The average Bonchev–Trinajstić information content (AvgIpc) is 2.47. The van der Waals surface area contributed by atoms with Gasteiger partial charge in [0, 0.05) is 6.04 Å². The Bertz CT molecular complexity index is 124. The maximum absolute atomic E-state index is 10.2. The average molecular weight is 129 g/mol. The fourth-order valence-electron chi connectivity index (χ4n) is 0.979. The number of hydrogen-bond donors (Lipinski definition) is 2. The van der Waals surface area contributed by atoms with Crippen molar-refractivity contribution in [2.45, 2.75) is 31.8 Å². The summed E-state index contributed by atoms with van der Waals surface area (Å²) in [5.41, 5.74) is 0. The van der Waals surface area contributed by atoms with E-state index >= 15 is 0 Å². The summed E-state index contributed by atoms with van der Waals surface area (Å²) in [5.74, 6) is -0.714. The van der Waals surface area contributed by atoms with Gasteiger partial charge in [0.05, 0.1) is 0 Å². The minimum atomic E-state index is -0.714. The molecule has 0 spiro atoms. The van der Waals surface area contributed by atoms with Gasteiger partial charge in [0.15, 0.2) is 0 Å². The third kappa shape index (κ3) is 1.42. The fraction of sp³-hybridized carbons (Fsp3) is 0.833. The van der Waals surface area contributed by atoms with Gasteiger partial charge in [0.1, 0.15) is 6.04 Å². The van der Waals surface area contributed by atoms with Crippen LogP contribution in [0.1, 0.15) is 19.8 Å². The minimum Gasteiger partial charge on any atom is -0.480 e. The molecule has 0 aromatic rings. The first-order chi connectivity index (χ1) is 4.25. The van der Waals surface area contributed by atoms with Crippen molar-refractivity contribution < 1.29 is 9.90 Å². The molecular formula is C6H11NO2. The van der Waals surface area contributed by atoms with Crippen LogP contribution in [0.4, 0.5) is 0 Å². The van der Waals surface area contributed by atoms with E-state index in [-0.39, 0.29) is 12.1 Å². The van der Waals surface area contributed by atoms with Crippen LogP contribution in [0, 0.1) is 0 Å². The van der Waals surface area contributed by atoms with E-state index < -0.39 is 5.97 Å². The second kappa shape index (κ2) is 2.35. The number of carboxylic acid groups (broad SMARTS) is 1. The van der Waals surface area contributed by atoms with Crippen molar-refractivity contribution in [3.63, 3.8) is 0 Å². The summed E-state index contributed by atoms with van der Waals surface area (Å²) >= 11 is 0. The first-order valence-corrected chi connectivity index (χ1v) is 3.24. The molecule has 2 N–H and O–H groups in total. The monoisotopic (exact) mass is 129 g/mol. The van der Waals surface area contributed by atoms with Gasteiger partial charge in [-0.15, -0.1) is 0 Å². The fourth-order valence-corrected chi connectivity index (χ4v) is 0.979. The standard InChI is InChI=1S/C6H11NO2/c1-2-3-4-5(7-4)6(8)9/h4-5,7H,2-3H2,1H3,(H,8,9)/t4-,5+/m1/s1. The highest BCUT2D eigenvalue weighted by atomic mass is 16.4. The molecule has 0 unspecified atom stereocenters. The minimum absolute atomic E-state index is 0.245. The zero-order valence-corrected chi connectivity index (χ0v) is 5.42. The molecule has 0 amide bonds. The third-order valence-electron chi connectivity index (χ3n) is 1.55. The zero-order valence-electron chi connectivity index (χ0n) is 5.42. The largest absolute Gasteiger partial charge is 0.480 e. The van der Waals surface area contributed by atoms with E-state index in [4.69, 9.17) is 5.11 Å². The molecule has 0 aliphatic carbocycles. The summed E-state index contributed by atoms with van der Waals surface area (Å²) in [6, 6.07) is 0.0115. The lowest BCUT2D eigenvalue weighted by Gasteiger charge is -1.86. The lowest BCUT2D eigenvalue weighted by Crippen LogP contribution is -2.08. The maximum atomic E-state index is 10.2. The molecule has 1 fully saturated rings. The lowest BCUT2D eigenvalue weighted by atomic mass is 10.2. The molecule has 9 heavy (non-hydrogen) atoms. The molecule has 2 atom stereocenters. The van der Waals surface area contributed by atoms with E-state index in [1.807, 2.05) is 0 Å². The van der Waals surface area contributed by atoms with E-state index in [1.54, 1.807) is 0 Å². The number of aliphatic carboxylic acids is 1. The molecule has 52 valence electrons. The van der Waals surface area contributed by atoms with Crippen LogP contribution < -0.4 is 5.32 Å². The van der Waals surface area contributed by atoms with Gasteiger partial charge in [-0.2, -0.15) is 0 Å². The molecule has 1 aliphatic rings. The summed E-state index contributed by atoms with van der Waals surface area (Å²) < 4.78 is 0. The van der Waals surface area contributed by atoms with Crippen LogP contribution in [0.3, 0.4) is 0 Å².